The summed E-state index contributed by atoms with van der Waals surface area (Å²) in [6.07, 6.45) is 12.2. The SMILES string of the molecule is CN=C(NCC1(N2CCCCC2)CCCCC1)N1CCN(C(=O)c2ccco2)CC1.I. The molecule has 0 spiro atoms. The molecule has 31 heavy (non-hydrogen) atoms. The van der Waals surface area contributed by atoms with Crippen LogP contribution in [0, 0.1) is 0 Å². The van der Waals surface area contributed by atoms with Crippen LogP contribution in [0.15, 0.2) is 27.8 Å². The number of piperidine rings is 1. The summed E-state index contributed by atoms with van der Waals surface area (Å²) >= 11 is 0. The molecule has 1 amide bonds. The topological polar surface area (TPSA) is 64.3 Å². The molecule has 4 rings (SSSR count). The van der Waals surface area contributed by atoms with Gasteiger partial charge in [0.2, 0.25) is 0 Å². The van der Waals surface area contributed by atoms with Crippen molar-refractivity contribution in [1.29, 1.82) is 0 Å². The van der Waals surface area contributed by atoms with E-state index in [1.807, 2.05) is 11.9 Å². The van der Waals surface area contributed by atoms with Crippen LogP contribution >= 0.6 is 24.0 Å². The van der Waals surface area contributed by atoms with Crippen molar-refractivity contribution in [3.05, 3.63) is 24.2 Å². The van der Waals surface area contributed by atoms with Crippen molar-refractivity contribution in [1.82, 2.24) is 20.0 Å². The second kappa shape index (κ2) is 11.5. The highest BCUT2D eigenvalue weighted by Gasteiger charge is 2.38. The molecule has 3 aliphatic rings. The van der Waals surface area contributed by atoms with Crippen LogP contribution in [0.2, 0.25) is 0 Å². The molecule has 0 radical (unpaired) electrons. The number of nitrogens with one attached hydrogen (secondary N) is 1. The Hall–Kier alpha value is -1.29. The lowest BCUT2D eigenvalue weighted by Gasteiger charge is -2.49. The first-order chi connectivity index (χ1) is 14.7. The van der Waals surface area contributed by atoms with Crippen molar-refractivity contribution in [2.24, 2.45) is 4.99 Å². The number of piperazine rings is 1. The lowest BCUT2D eigenvalue weighted by atomic mass is 9.79. The zero-order chi connectivity index (χ0) is 20.8. The molecule has 1 aliphatic carbocycles. The van der Waals surface area contributed by atoms with Gasteiger partial charge in [-0.25, -0.2) is 0 Å². The average molecular weight is 543 g/mol. The second-order valence-electron chi connectivity index (χ2n) is 8.99. The fourth-order valence-electron chi connectivity index (χ4n) is 5.44. The van der Waals surface area contributed by atoms with Gasteiger partial charge in [-0.2, -0.15) is 0 Å². The number of likely N-dealkylation sites (tertiary alicyclic amines) is 1. The Kier molecular flexibility index (Phi) is 9.06. The van der Waals surface area contributed by atoms with Crippen LogP contribution in [0.25, 0.3) is 0 Å². The maximum Gasteiger partial charge on any atom is 0.289 e. The van der Waals surface area contributed by atoms with Crippen LogP contribution in [0.3, 0.4) is 0 Å². The third-order valence-electron chi connectivity index (χ3n) is 7.20. The highest BCUT2D eigenvalue weighted by atomic mass is 127. The standard InChI is InChI=1S/C23H37N5O2.HI/c1-24-22(27-16-14-26(15-17-27)21(29)20-9-8-18-30-20)25-19-23(10-4-2-5-11-23)28-12-6-3-7-13-28;/h8-9,18H,2-7,10-17,19H2,1H3,(H,24,25);1H. The first-order valence-electron chi connectivity index (χ1n) is 11.8. The molecule has 0 unspecified atom stereocenters. The highest BCUT2D eigenvalue weighted by Crippen LogP contribution is 2.35. The number of carbonyl (C=O) groups is 1. The second-order valence-corrected chi connectivity index (χ2v) is 8.99. The zero-order valence-electron chi connectivity index (χ0n) is 18.9. The summed E-state index contributed by atoms with van der Waals surface area (Å²) in [6, 6.07) is 3.50. The molecule has 2 saturated heterocycles. The van der Waals surface area contributed by atoms with Gasteiger partial charge in [0, 0.05) is 45.3 Å². The molecule has 8 heteroatoms. The molecule has 0 atom stereocenters. The summed E-state index contributed by atoms with van der Waals surface area (Å²) in [6.45, 7) is 6.44. The number of halogens is 1. The van der Waals surface area contributed by atoms with E-state index in [2.05, 4.69) is 20.1 Å². The number of aliphatic imine (C=N–C) groups is 1. The van der Waals surface area contributed by atoms with Gasteiger partial charge in [-0.15, -0.1) is 24.0 Å². The van der Waals surface area contributed by atoms with E-state index >= 15 is 0 Å². The lowest BCUT2D eigenvalue weighted by molar-refractivity contribution is 0.0360. The van der Waals surface area contributed by atoms with Crippen molar-refractivity contribution < 1.29 is 9.21 Å². The van der Waals surface area contributed by atoms with Gasteiger partial charge in [-0.1, -0.05) is 25.7 Å². The Morgan fingerprint density at radius 2 is 1.65 bits per heavy atom. The first-order valence-corrected chi connectivity index (χ1v) is 11.8. The predicted octanol–water partition coefficient (Wildman–Crippen LogP) is 3.42. The zero-order valence-corrected chi connectivity index (χ0v) is 21.2. The molecule has 1 N–H and O–H groups in total. The summed E-state index contributed by atoms with van der Waals surface area (Å²) in [5.41, 5.74) is 0.283. The Bertz CT molecular complexity index is 704. The Labute approximate surface area is 203 Å². The minimum atomic E-state index is -0.0196. The number of nitrogens with zero attached hydrogens (tertiary/aromatic N) is 4. The molecule has 2 aliphatic heterocycles. The van der Waals surface area contributed by atoms with Crippen molar-refractivity contribution in [3.63, 3.8) is 0 Å². The summed E-state index contributed by atoms with van der Waals surface area (Å²) in [5.74, 6) is 1.38. The molecule has 1 aromatic heterocycles. The summed E-state index contributed by atoms with van der Waals surface area (Å²) < 4.78 is 5.27. The van der Waals surface area contributed by atoms with E-state index < -0.39 is 0 Å². The van der Waals surface area contributed by atoms with Gasteiger partial charge in [-0.3, -0.25) is 14.7 Å². The summed E-state index contributed by atoms with van der Waals surface area (Å²) in [5, 5.41) is 3.73. The fraction of sp³-hybridized carbons (Fsp3) is 0.739. The van der Waals surface area contributed by atoms with Gasteiger partial charge < -0.3 is 19.5 Å². The van der Waals surface area contributed by atoms with E-state index in [-0.39, 0.29) is 35.4 Å². The average Bonchev–Trinajstić information content (AvgIpc) is 3.36. The van der Waals surface area contributed by atoms with Crippen molar-refractivity contribution in [3.8, 4) is 0 Å². The third-order valence-corrected chi connectivity index (χ3v) is 7.20. The van der Waals surface area contributed by atoms with Gasteiger partial charge in [0.25, 0.3) is 5.91 Å². The van der Waals surface area contributed by atoms with Crippen molar-refractivity contribution in [2.45, 2.75) is 56.9 Å². The fourth-order valence-corrected chi connectivity index (χ4v) is 5.44. The van der Waals surface area contributed by atoms with Crippen LogP contribution in [-0.2, 0) is 0 Å². The first kappa shape index (κ1) is 24.4. The normalized spacial score (nSPS) is 22.7. The van der Waals surface area contributed by atoms with Crippen molar-refractivity contribution in [2.75, 3.05) is 52.9 Å². The smallest absolute Gasteiger partial charge is 0.289 e. The quantitative estimate of drug-likeness (QED) is 0.358. The van der Waals surface area contributed by atoms with Crippen LogP contribution in [-0.4, -0.2) is 85.0 Å². The maximum atomic E-state index is 12.5. The molecule has 0 aromatic carbocycles. The minimum absolute atomic E-state index is 0. The lowest BCUT2D eigenvalue weighted by Crippen LogP contribution is -2.60. The molecule has 3 heterocycles. The molecule has 3 fully saturated rings. The molecule has 1 saturated carbocycles. The van der Waals surface area contributed by atoms with Gasteiger partial charge in [0.05, 0.1) is 6.26 Å². The largest absolute Gasteiger partial charge is 0.459 e. The van der Waals surface area contributed by atoms with Crippen molar-refractivity contribution >= 4 is 35.8 Å². The van der Waals surface area contributed by atoms with E-state index in [1.54, 1.807) is 18.4 Å². The molecular formula is C23H38IN5O2. The number of hydrogen-bond donors (Lipinski definition) is 1. The molecule has 0 bridgehead atoms. The minimum Gasteiger partial charge on any atom is -0.459 e. The van der Waals surface area contributed by atoms with E-state index in [4.69, 9.17) is 4.42 Å². The van der Waals surface area contributed by atoms with Crippen LogP contribution in [0.4, 0.5) is 0 Å². The molecular weight excluding hydrogens is 505 g/mol. The maximum absolute atomic E-state index is 12.5. The Morgan fingerprint density at radius 1 is 1.00 bits per heavy atom. The predicted molar refractivity (Wildman–Crippen MR) is 134 cm³/mol. The van der Waals surface area contributed by atoms with Gasteiger partial charge in [-0.05, 0) is 50.9 Å². The summed E-state index contributed by atoms with van der Waals surface area (Å²) in [7, 11) is 1.87. The molecule has 174 valence electrons. The van der Waals surface area contributed by atoms with E-state index in [0.717, 1.165) is 25.6 Å². The number of hydrogen-bond acceptors (Lipinski definition) is 4. The van der Waals surface area contributed by atoms with E-state index in [1.165, 1.54) is 64.5 Å². The monoisotopic (exact) mass is 543 g/mol. The third kappa shape index (κ3) is 5.74. The van der Waals surface area contributed by atoms with Crippen LogP contribution < -0.4 is 5.32 Å². The summed E-state index contributed by atoms with van der Waals surface area (Å²) in [4.78, 5) is 24.0. The van der Waals surface area contributed by atoms with Crippen LogP contribution in [0.1, 0.15) is 61.9 Å². The number of guanidine groups is 1. The Balaban J connectivity index is 0.00000272. The highest BCUT2D eigenvalue weighted by molar-refractivity contribution is 14.0. The molecule has 7 nitrogen and oxygen atoms in total. The van der Waals surface area contributed by atoms with Crippen LogP contribution in [0.5, 0.6) is 0 Å². The number of rotatable bonds is 4. The number of amides is 1. The van der Waals surface area contributed by atoms with Gasteiger partial charge in [0.15, 0.2) is 11.7 Å². The number of furan rings is 1. The Morgan fingerprint density at radius 3 is 2.26 bits per heavy atom. The molecule has 1 aromatic rings. The van der Waals surface area contributed by atoms with E-state index in [9.17, 15) is 4.79 Å². The van der Waals surface area contributed by atoms with Gasteiger partial charge >= 0.3 is 0 Å². The number of carbonyl (C=O) groups excluding carboxylic acids is 1. The van der Waals surface area contributed by atoms with E-state index in [0.29, 0.717) is 18.8 Å². The van der Waals surface area contributed by atoms with Gasteiger partial charge in [0.1, 0.15) is 0 Å².